The average molecular weight is 468 g/mol. The van der Waals surface area contributed by atoms with Crippen LogP contribution in [0.3, 0.4) is 0 Å². The lowest BCUT2D eigenvalue weighted by Gasteiger charge is -2.48. The lowest BCUT2D eigenvalue weighted by Crippen LogP contribution is -2.41. The van der Waals surface area contributed by atoms with Crippen LogP contribution in [-0.2, 0) is 10.3 Å². The highest BCUT2D eigenvalue weighted by Crippen LogP contribution is 2.65. The summed E-state index contributed by atoms with van der Waals surface area (Å²) in [6.07, 6.45) is 3.14. The Morgan fingerprint density at radius 3 is 1.92 bits per heavy atom. The summed E-state index contributed by atoms with van der Waals surface area (Å²) in [7, 11) is 4.10. The molecule has 4 aliphatic rings. The Labute approximate surface area is 211 Å². The zero-order valence-corrected chi connectivity index (χ0v) is 20.2. The van der Waals surface area contributed by atoms with E-state index in [-0.39, 0.29) is 5.92 Å². The van der Waals surface area contributed by atoms with Crippen molar-refractivity contribution in [2.24, 2.45) is 0 Å². The maximum atomic E-state index is 11.4. The van der Waals surface area contributed by atoms with Crippen LogP contribution in [0.25, 0.3) is 11.3 Å². The number of carbonyl (C=O) groups is 1. The number of benzene rings is 4. The molecule has 4 aromatic carbocycles. The summed E-state index contributed by atoms with van der Waals surface area (Å²) in [5, 5.41) is 0. The van der Waals surface area contributed by atoms with Crippen molar-refractivity contribution in [3.63, 3.8) is 0 Å². The number of rotatable bonds is 4. The molecule has 0 saturated heterocycles. The van der Waals surface area contributed by atoms with Crippen LogP contribution in [0.2, 0.25) is 0 Å². The second kappa shape index (κ2) is 7.56. The van der Waals surface area contributed by atoms with Crippen molar-refractivity contribution in [3.05, 3.63) is 148 Å². The summed E-state index contributed by atoms with van der Waals surface area (Å²) in [5.41, 5.74) is 10.8. The third kappa shape index (κ3) is 2.71. The first kappa shape index (κ1) is 21.0. The van der Waals surface area contributed by atoms with E-state index in [4.69, 9.17) is 4.74 Å². The molecule has 174 valence electrons. The number of aldehydes is 1. The van der Waals surface area contributed by atoms with Crippen LogP contribution in [0.15, 0.2) is 109 Å². The smallest absolute Gasteiger partial charge is 0.185 e. The molecule has 0 atom stereocenters. The van der Waals surface area contributed by atoms with Crippen LogP contribution in [-0.4, -0.2) is 20.4 Å². The van der Waals surface area contributed by atoms with Gasteiger partial charge in [0.05, 0.1) is 0 Å². The van der Waals surface area contributed by atoms with Gasteiger partial charge in [-0.2, -0.15) is 0 Å². The first-order chi connectivity index (χ1) is 17.6. The number of allylic oxidation sites excluding steroid dienone is 1. The Balaban J connectivity index is 1.51. The lowest BCUT2D eigenvalue weighted by molar-refractivity contribution is 0.112. The van der Waals surface area contributed by atoms with Crippen molar-refractivity contribution >= 4 is 23.3 Å². The summed E-state index contributed by atoms with van der Waals surface area (Å²) < 4.78 is 7.11. The van der Waals surface area contributed by atoms with Gasteiger partial charge in [-0.1, -0.05) is 72.8 Å². The van der Waals surface area contributed by atoms with Gasteiger partial charge in [-0.3, -0.25) is 4.79 Å². The average Bonchev–Trinajstić information content (AvgIpc) is 3.35. The molecule has 0 unspecified atom stereocenters. The van der Waals surface area contributed by atoms with Gasteiger partial charge in [0, 0.05) is 53.5 Å². The molecular weight excluding hydrogens is 442 g/mol. The molecule has 1 heterocycles. The lowest BCUT2D eigenvalue weighted by atomic mass is 9.58. The predicted octanol–water partition coefficient (Wildman–Crippen LogP) is 6.79. The molecule has 36 heavy (non-hydrogen) atoms. The van der Waals surface area contributed by atoms with Crippen molar-refractivity contribution in [1.82, 2.24) is 0 Å². The second-order valence-electron chi connectivity index (χ2n) is 9.91. The highest BCUT2D eigenvalue weighted by molar-refractivity contribution is 5.93. The van der Waals surface area contributed by atoms with Gasteiger partial charge < -0.3 is 9.64 Å². The summed E-state index contributed by atoms with van der Waals surface area (Å²) in [4.78, 5) is 13.5. The van der Waals surface area contributed by atoms with Gasteiger partial charge in [0.15, 0.2) is 5.60 Å². The number of hydrogen-bond donors (Lipinski definition) is 0. The molecule has 0 aromatic heterocycles. The number of hydrogen-bond acceptors (Lipinski definition) is 3. The minimum absolute atomic E-state index is 0.103. The SMILES string of the molecule is CN(C)c1ccc(C2=CC3=C(c4ccc(C=O)cc4)C4c5ccccc5C3(O2)c2ccccc24)cc1. The fraction of sp³-hybridized carbons (Fsp3) is 0.121. The molecule has 0 saturated carbocycles. The highest BCUT2D eigenvalue weighted by atomic mass is 16.5. The van der Waals surface area contributed by atoms with Gasteiger partial charge in [-0.05, 0) is 52.6 Å². The number of ether oxygens (including phenoxy) is 1. The topological polar surface area (TPSA) is 29.5 Å². The summed E-state index contributed by atoms with van der Waals surface area (Å²) in [6.45, 7) is 0. The molecule has 2 bridgehead atoms. The van der Waals surface area contributed by atoms with Crippen LogP contribution in [0.4, 0.5) is 5.69 Å². The Morgan fingerprint density at radius 2 is 1.33 bits per heavy atom. The van der Waals surface area contributed by atoms with Crippen molar-refractivity contribution in [3.8, 4) is 0 Å². The van der Waals surface area contributed by atoms with Crippen LogP contribution < -0.4 is 4.90 Å². The Kier molecular flexibility index (Phi) is 4.40. The Morgan fingerprint density at radius 1 is 0.750 bits per heavy atom. The zero-order chi connectivity index (χ0) is 24.4. The van der Waals surface area contributed by atoms with E-state index >= 15 is 0 Å². The number of anilines is 1. The highest BCUT2D eigenvalue weighted by Gasteiger charge is 2.57. The van der Waals surface area contributed by atoms with E-state index < -0.39 is 5.60 Å². The van der Waals surface area contributed by atoms with Crippen molar-refractivity contribution in [2.75, 3.05) is 19.0 Å². The van der Waals surface area contributed by atoms with Gasteiger partial charge >= 0.3 is 0 Å². The van der Waals surface area contributed by atoms with E-state index in [1.54, 1.807) is 0 Å². The van der Waals surface area contributed by atoms with Crippen LogP contribution in [0, 0.1) is 0 Å². The van der Waals surface area contributed by atoms with E-state index in [1.807, 2.05) is 26.2 Å². The zero-order valence-electron chi connectivity index (χ0n) is 20.2. The van der Waals surface area contributed by atoms with E-state index in [1.165, 1.54) is 33.4 Å². The minimum atomic E-state index is -0.698. The molecule has 0 N–H and O–H groups in total. The first-order valence-corrected chi connectivity index (χ1v) is 12.3. The normalized spacial score (nSPS) is 20.7. The largest absolute Gasteiger partial charge is 0.472 e. The number of carbonyl (C=O) groups excluding carboxylic acids is 1. The van der Waals surface area contributed by atoms with Crippen molar-refractivity contribution < 1.29 is 9.53 Å². The van der Waals surface area contributed by atoms with E-state index in [9.17, 15) is 4.79 Å². The van der Waals surface area contributed by atoms with Gasteiger partial charge in [-0.15, -0.1) is 0 Å². The molecule has 3 nitrogen and oxygen atoms in total. The maximum absolute atomic E-state index is 11.4. The summed E-state index contributed by atoms with van der Waals surface area (Å²) in [6, 6.07) is 33.9. The van der Waals surface area contributed by atoms with Crippen LogP contribution in [0.5, 0.6) is 0 Å². The minimum Gasteiger partial charge on any atom is -0.472 e. The molecule has 4 aromatic rings. The van der Waals surface area contributed by atoms with Crippen LogP contribution >= 0.6 is 0 Å². The molecular formula is C33H25NO2. The van der Waals surface area contributed by atoms with Gasteiger partial charge in [0.25, 0.3) is 0 Å². The van der Waals surface area contributed by atoms with Crippen molar-refractivity contribution in [1.29, 1.82) is 0 Å². The monoisotopic (exact) mass is 467 g/mol. The maximum Gasteiger partial charge on any atom is 0.185 e. The standard InChI is InChI=1S/C33H25NO2/c1-34(2)24-17-15-22(16-18-24)30-19-29-31(23-13-11-21(20-35)12-14-23)32-25-7-3-5-9-27(25)33(29,36-30)28-10-6-4-8-26(28)32/h3-20,32H,1-2H3. The molecule has 3 aliphatic carbocycles. The third-order valence-electron chi connectivity index (χ3n) is 7.82. The number of nitrogens with zero attached hydrogens (tertiary/aromatic N) is 1. The Hall–Kier alpha value is -4.37. The summed E-state index contributed by atoms with van der Waals surface area (Å²) >= 11 is 0. The molecule has 0 fully saturated rings. The molecule has 0 amide bonds. The van der Waals surface area contributed by atoms with Gasteiger partial charge in [0.1, 0.15) is 12.0 Å². The van der Waals surface area contributed by atoms with Crippen LogP contribution in [0.1, 0.15) is 49.7 Å². The summed E-state index contributed by atoms with van der Waals surface area (Å²) in [5.74, 6) is 0.983. The second-order valence-corrected chi connectivity index (χ2v) is 9.91. The van der Waals surface area contributed by atoms with E-state index in [0.29, 0.717) is 5.56 Å². The Bertz CT molecular complexity index is 1540. The molecule has 8 rings (SSSR count). The van der Waals surface area contributed by atoms with Gasteiger partial charge in [0.2, 0.25) is 0 Å². The fourth-order valence-corrected chi connectivity index (χ4v) is 6.20. The molecule has 0 radical (unpaired) electrons. The fourth-order valence-electron chi connectivity index (χ4n) is 6.20. The molecule has 1 spiro atoms. The van der Waals surface area contributed by atoms with E-state index in [0.717, 1.165) is 28.9 Å². The quantitative estimate of drug-likeness (QED) is 0.309. The van der Waals surface area contributed by atoms with Gasteiger partial charge in [-0.25, -0.2) is 0 Å². The van der Waals surface area contributed by atoms with Crippen molar-refractivity contribution in [2.45, 2.75) is 11.5 Å². The van der Waals surface area contributed by atoms with E-state index in [2.05, 4.69) is 95.9 Å². The third-order valence-corrected chi connectivity index (χ3v) is 7.82. The first-order valence-electron chi connectivity index (χ1n) is 12.3. The molecule has 3 heteroatoms. The molecule has 1 aliphatic heterocycles. The predicted molar refractivity (Wildman–Crippen MR) is 144 cm³/mol.